The Hall–Kier alpha value is -3.60. The van der Waals surface area contributed by atoms with E-state index in [0.717, 1.165) is 35.3 Å². The summed E-state index contributed by atoms with van der Waals surface area (Å²) in [5, 5.41) is 20.8. The van der Waals surface area contributed by atoms with E-state index in [0.29, 0.717) is 19.4 Å². The molecule has 9 heteroatoms. The lowest BCUT2D eigenvalue weighted by Crippen LogP contribution is -2.37. The number of ether oxygens (including phenoxy) is 2. The molecule has 1 aliphatic heterocycles. The third-order valence-corrected chi connectivity index (χ3v) is 7.10. The van der Waals surface area contributed by atoms with Crippen molar-refractivity contribution >= 4 is 11.8 Å². The Morgan fingerprint density at radius 2 is 1.51 bits per heavy atom. The van der Waals surface area contributed by atoms with Gasteiger partial charge in [0.25, 0.3) is 0 Å². The van der Waals surface area contributed by atoms with Gasteiger partial charge in [0.15, 0.2) is 6.29 Å². The topological polar surface area (TPSA) is 120 Å². The molecular weight excluding hydrogens is 522 g/mol. The minimum absolute atomic E-state index is 0.00187. The summed E-state index contributed by atoms with van der Waals surface area (Å²) in [4.78, 5) is 25.4. The third kappa shape index (κ3) is 9.48. The van der Waals surface area contributed by atoms with Crippen molar-refractivity contribution in [3.8, 4) is 0 Å². The minimum Gasteiger partial charge on any atom is -0.392 e. The standard InChI is InChI=1S/C32H39N3O6/c1-35(20-24-6-3-2-4-7-24)21-28-18-29(26-14-12-25(22-36)13-15-26)41-32(40-28)27-16-10-23(11-17-27)19-33-30(37)8-5-9-31(38)34-39/h2-4,6-7,10-17,28-29,32,36,39H,5,8-9,18-22H2,1H3,(H,33,37)(H,34,38)/t28-,29+,32+/m1/s1. The van der Waals surface area contributed by atoms with Crippen LogP contribution in [0.2, 0.25) is 0 Å². The summed E-state index contributed by atoms with van der Waals surface area (Å²) in [6.45, 7) is 1.92. The first kappa shape index (κ1) is 30.4. The molecule has 3 aromatic rings. The molecule has 3 atom stereocenters. The van der Waals surface area contributed by atoms with Gasteiger partial charge >= 0.3 is 0 Å². The van der Waals surface area contributed by atoms with Crippen LogP contribution in [0.15, 0.2) is 78.9 Å². The fraction of sp³-hybridized carbons (Fsp3) is 0.375. The number of carbonyl (C=O) groups excluding carboxylic acids is 2. The van der Waals surface area contributed by atoms with Gasteiger partial charge in [-0.3, -0.25) is 19.7 Å². The molecule has 0 bridgehead atoms. The number of likely N-dealkylation sites (N-methyl/N-ethyl adjacent to an activating group) is 1. The van der Waals surface area contributed by atoms with Crippen molar-refractivity contribution in [2.24, 2.45) is 0 Å². The molecule has 1 aliphatic rings. The number of amides is 2. The van der Waals surface area contributed by atoms with Gasteiger partial charge < -0.3 is 19.9 Å². The van der Waals surface area contributed by atoms with E-state index >= 15 is 0 Å². The Labute approximate surface area is 241 Å². The second kappa shape index (κ2) is 15.4. The summed E-state index contributed by atoms with van der Waals surface area (Å²) in [5.41, 5.74) is 6.53. The minimum atomic E-state index is -0.553. The first-order valence-electron chi connectivity index (χ1n) is 13.9. The number of nitrogens with zero attached hydrogens (tertiary/aromatic N) is 1. The van der Waals surface area contributed by atoms with Crippen molar-refractivity contribution in [1.29, 1.82) is 0 Å². The predicted molar refractivity (Wildman–Crippen MR) is 153 cm³/mol. The summed E-state index contributed by atoms with van der Waals surface area (Å²) in [5.74, 6) is -0.661. The van der Waals surface area contributed by atoms with E-state index in [1.807, 2.05) is 66.7 Å². The second-order valence-corrected chi connectivity index (χ2v) is 10.4. The van der Waals surface area contributed by atoms with Gasteiger partial charge in [0.2, 0.25) is 11.8 Å². The highest BCUT2D eigenvalue weighted by Crippen LogP contribution is 2.38. The summed E-state index contributed by atoms with van der Waals surface area (Å²) in [7, 11) is 2.09. The lowest BCUT2D eigenvalue weighted by molar-refractivity contribution is -0.252. The van der Waals surface area contributed by atoms with E-state index in [-0.39, 0.29) is 37.6 Å². The van der Waals surface area contributed by atoms with Gasteiger partial charge in [-0.25, -0.2) is 5.48 Å². The Bertz CT molecular complexity index is 1240. The zero-order valence-corrected chi connectivity index (χ0v) is 23.4. The van der Waals surface area contributed by atoms with Crippen LogP contribution in [0.3, 0.4) is 0 Å². The fourth-order valence-corrected chi connectivity index (χ4v) is 4.89. The highest BCUT2D eigenvalue weighted by molar-refractivity contribution is 5.78. The highest BCUT2D eigenvalue weighted by atomic mass is 16.7. The molecule has 3 aromatic carbocycles. The summed E-state index contributed by atoms with van der Waals surface area (Å²) in [6, 6.07) is 26.0. The molecule has 0 aliphatic carbocycles. The molecule has 218 valence electrons. The van der Waals surface area contributed by atoms with Crippen LogP contribution in [0, 0.1) is 0 Å². The monoisotopic (exact) mass is 561 g/mol. The van der Waals surface area contributed by atoms with Gasteiger partial charge in [0, 0.05) is 44.5 Å². The van der Waals surface area contributed by atoms with Gasteiger partial charge in [-0.05, 0) is 35.7 Å². The Balaban J connectivity index is 1.39. The van der Waals surface area contributed by atoms with Gasteiger partial charge in [-0.1, -0.05) is 78.9 Å². The van der Waals surface area contributed by atoms with E-state index in [9.17, 15) is 14.7 Å². The number of hydrogen-bond donors (Lipinski definition) is 4. The Morgan fingerprint density at radius 1 is 0.854 bits per heavy atom. The van der Waals surface area contributed by atoms with Crippen LogP contribution in [-0.2, 0) is 38.8 Å². The first-order valence-corrected chi connectivity index (χ1v) is 13.9. The number of nitrogens with one attached hydrogen (secondary N) is 2. The maximum atomic E-state index is 12.1. The van der Waals surface area contributed by atoms with Crippen LogP contribution >= 0.6 is 0 Å². The molecule has 4 rings (SSSR count). The van der Waals surface area contributed by atoms with Crippen LogP contribution in [0.5, 0.6) is 0 Å². The quantitative estimate of drug-likeness (QED) is 0.183. The van der Waals surface area contributed by atoms with Gasteiger partial charge in [0.1, 0.15) is 0 Å². The SMILES string of the molecule is CN(Cc1ccccc1)C[C@H]1C[C@@H](c2ccc(CO)cc2)O[C@@H](c2ccc(CNC(=O)CCCC(=O)NO)cc2)O1. The van der Waals surface area contributed by atoms with E-state index in [2.05, 4.69) is 29.4 Å². The number of aliphatic hydroxyl groups excluding tert-OH is 1. The molecule has 0 unspecified atom stereocenters. The number of hydrogen-bond acceptors (Lipinski definition) is 7. The van der Waals surface area contributed by atoms with E-state index in [4.69, 9.17) is 14.7 Å². The maximum absolute atomic E-state index is 12.1. The molecule has 0 spiro atoms. The second-order valence-electron chi connectivity index (χ2n) is 10.4. The molecule has 0 radical (unpaired) electrons. The molecule has 4 N–H and O–H groups in total. The van der Waals surface area contributed by atoms with E-state index < -0.39 is 12.2 Å². The molecule has 0 saturated carbocycles. The van der Waals surface area contributed by atoms with Crippen molar-refractivity contribution in [1.82, 2.24) is 15.7 Å². The van der Waals surface area contributed by atoms with Crippen molar-refractivity contribution < 1.29 is 29.4 Å². The number of benzene rings is 3. The largest absolute Gasteiger partial charge is 0.392 e. The molecule has 1 saturated heterocycles. The van der Waals surface area contributed by atoms with Crippen molar-refractivity contribution in [3.05, 3.63) is 107 Å². The van der Waals surface area contributed by atoms with Crippen LogP contribution in [0.1, 0.15) is 65.9 Å². The molecule has 2 amide bonds. The number of aliphatic hydroxyl groups is 1. The van der Waals surface area contributed by atoms with Crippen LogP contribution < -0.4 is 10.8 Å². The van der Waals surface area contributed by atoms with Crippen LogP contribution in [0.25, 0.3) is 0 Å². The average molecular weight is 562 g/mol. The third-order valence-electron chi connectivity index (χ3n) is 7.10. The summed E-state index contributed by atoms with van der Waals surface area (Å²) in [6.07, 6.45) is 0.589. The highest BCUT2D eigenvalue weighted by Gasteiger charge is 2.32. The van der Waals surface area contributed by atoms with E-state index in [1.54, 1.807) is 5.48 Å². The normalized spacial score (nSPS) is 18.7. The smallest absolute Gasteiger partial charge is 0.243 e. The van der Waals surface area contributed by atoms with E-state index in [1.165, 1.54) is 5.56 Å². The summed E-state index contributed by atoms with van der Waals surface area (Å²) >= 11 is 0. The number of rotatable bonds is 13. The average Bonchev–Trinajstić information content (AvgIpc) is 3.00. The Morgan fingerprint density at radius 3 is 2.20 bits per heavy atom. The first-order chi connectivity index (χ1) is 19.9. The zero-order chi connectivity index (χ0) is 29.0. The Kier molecular flexibility index (Phi) is 11.4. The summed E-state index contributed by atoms with van der Waals surface area (Å²) < 4.78 is 12.9. The van der Waals surface area contributed by atoms with Crippen molar-refractivity contribution in [2.75, 3.05) is 13.6 Å². The molecule has 41 heavy (non-hydrogen) atoms. The molecule has 9 nitrogen and oxygen atoms in total. The van der Waals surface area contributed by atoms with Gasteiger partial charge in [-0.15, -0.1) is 0 Å². The fourth-order valence-electron chi connectivity index (χ4n) is 4.89. The van der Waals surface area contributed by atoms with Gasteiger partial charge in [0.05, 0.1) is 18.8 Å². The van der Waals surface area contributed by atoms with Crippen molar-refractivity contribution in [3.63, 3.8) is 0 Å². The van der Waals surface area contributed by atoms with Crippen LogP contribution in [0.4, 0.5) is 0 Å². The lowest BCUT2D eigenvalue weighted by Gasteiger charge is -2.38. The molecule has 1 fully saturated rings. The molecular formula is C32H39N3O6. The van der Waals surface area contributed by atoms with Crippen LogP contribution in [-0.4, -0.2) is 46.7 Å². The number of carbonyl (C=O) groups is 2. The molecule has 1 heterocycles. The predicted octanol–water partition coefficient (Wildman–Crippen LogP) is 4.15. The van der Waals surface area contributed by atoms with Gasteiger partial charge in [-0.2, -0.15) is 0 Å². The van der Waals surface area contributed by atoms with Crippen molar-refractivity contribution in [2.45, 2.75) is 63.9 Å². The molecule has 0 aromatic heterocycles. The zero-order valence-electron chi connectivity index (χ0n) is 23.4. The maximum Gasteiger partial charge on any atom is 0.243 e. The lowest BCUT2D eigenvalue weighted by atomic mass is 9.99. The number of hydroxylamine groups is 1.